The molecule has 0 spiro atoms. The van der Waals surface area contributed by atoms with E-state index in [0.29, 0.717) is 18.7 Å². The average molecular weight is 236 g/mol. The van der Waals surface area contributed by atoms with Gasteiger partial charge >= 0.3 is 0 Å². The van der Waals surface area contributed by atoms with E-state index in [1.54, 1.807) is 13.0 Å². The molecule has 0 atom stereocenters. The third-order valence-corrected chi connectivity index (χ3v) is 3.32. The van der Waals surface area contributed by atoms with E-state index in [2.05, 4.69) is 5.32 Å². The van der Waals surface area contributed by atoms with Gasteiger partial charge in [-0.2, -0.15) is 0 Å². The molecular weight excluding hydrogens is 219 g/mol. The zero-order valence-corrected chi connectivity index (χ0v) is 9.92. The minimum absolute atomic E-state index is 0.0953. The van der Waals surface area contributed by atoms with Crippen LogP contribution in [0.5, 0.6) is 0 Å². The molecule has 0 saturated heterocycles. The minimum atomic E-state index is -0.380. The number of hydrogen-bond acceptors (Lipinski definition) is 2. The normalized spacial score (nSPS) is 16.6. The number of carbonyl (C=O) groups excluding carboxylic acids is 1. The number of nitrogens with two attached hydrogens (primary N) is 1. The van der Waals surface area contributed by atoms with E-state index in [1.165, 1.54) is 12.1 Å². The van der Waals surface area contributed by atoms with Crippen LogP contribution in [0.3, 0.4) is 0 Å². The maximum atomic E-state index is 13.1. The summed E-state index contributed by atoms with van der Waals surface area (Å²) in [5.74, 6) is -0.609. The second-order valence-electron chi connectivity index (χ2n) is 4.90. The van der Waals surface area contributed by atoms with Crippen molar-refractivity contribution in [2.24, 2.45) is 11.1 Å². The molecule has 4 heteroatoms. The fraction of sp³-hybridized carbons (Fsp3) is 0.462. The molecule has 3 nitrogen and oxygen atoms in total. The summed E-state index contributed by atoms with van der Waals surface area (Å²) in [4.78, 5) is 11.8. The zero-order chi connectivity index (χ0) is 12.5. The molecule has 1 aliphatic carbocycles. The Bertz CT molecular complexity index is 421. The first-order chi connectivity index (χ1) is 8.04. The van der Waals surface area contributed by atoms with Crippen molar-refractivity contribution in [3.63, 3.8) is 0 Å². The van der Waals surface area contributed by atoms with Gasteiger partial charge in [-0.25, -0.2) is 4.39 Å². The van der Waals surface area contributed by atoms with Crippen molar-refractivity contribution in [1.29, 1.82) is 0 Å². The minimum Gasteiger partial charge on any atom is -0.351 e. The number of nitrogens with one attached hydrogen (secondary N) is 1. The Labute approximate surface area is 100 Å². The number of hydrogen-bond donors (Lipinski definition) is 2. The summed E-state index contributed by atoms with van der Waals surface area (Å²) in [5, 5.41) is 2.82. The van der Waals surface area contributed by atoms with Crippen LogP contribution in [-0.2, 0) is 0 Å². The Kier molecular flexibility index (Phi) is 3.15. The molecule has 0 bridgehead atoms. The topological polar surface area (TPSA) is 55.1 Å². The van der Waals surface area contributed by atoms with Crippen LogP contribution >= 0.6 is 0 Å². The van der Waals surface area contributed by atoms with Crippen LogP contribution in [0.15, 0.2) is 18.2 Å². The number of rotatable bonds is 4. The Morgan fingerprint density at radius 2 is 2.18 bits per heavy atom. The highest BCUT2D eigenvalue weighted by Gasteiger charge is 2.41. The number of aryl methyl sites for hydroxylation is 1. The van der Waals surface area contributed by atoms with E-state index >= 15 is 0 Å². The number of halogens is 1. The van der Waals surface area contributed by atoms with Crippen molar-refractivity contribution in [3.05, 3.63) is 35.1 Å². The van der Waals surface area contributed by atoms with E-state index in [0.717, 1.165) is 18.4 Å². The highest BCUT2D eigenvalue weighted by molar-refractivity contribution is 5.94. The van der Waals surface area contributed by atoms with Crippen molar-refractivity contribution in [1.82, 2.24) is 5.32 Å². The zero-order valence-electron chi connectivity index (χ0n) is 9.92. The summed E-state index contributed by atoms with van der Waals surface area (Å²) in [6.07, 6.45) is 2.12. The molecule has 2 rings (SSSR count). The molecule has 1 fully saturated rings. The van der Waals surface area contributed by atoms with Crippen LogP contribution in [0.1, 0.15) is 28.8 Å². The predicted molar refractivity (Wildman–Crippen MR) is 64.2 cm³/mol. The lowest BCUT2D eigenvalue weighted by Gasteiger charge is -2.13. The molecule has 0 radical (unpaired) electrons. The van der Waals surface area contributed by atoms with Gasteiger partial charge in [0.25, 0.3) is 5.91 Å². The van der Waals surface area contributed by atoms with Crippen molar-refractivity contribution in [2.45, 2.75) is 19.8 Å². The quantitative estimate of drug-likeness (QED) is 0.834. The van der Waals surface area contributed by atoms with Crippen LogP contribution in [-0.4, -0.2) is 19.0 Å². The Morgan fingerprint density at radius 3 is 2.71 bits per heavy atom. The van der Waals surface area contributed by atoms with Gasteiger partial charge in [-0.05, 0) is 50.1 Å². The third-order valence-electron chi connectivity index (χ3n) is 3.32. The summed E-state index contributed by atoms with van der Waals surface area (Å²) < 4.78 is 13.1. The van der Waals surface area contributed by atoms with E-state index in [-0.39, 0.29) is 17.1 Å². The molecule has 1 aromatic carbocycles. The summed E-state index contributed by atoms with van der Waals surface area (Å²) >= 11 is 0. The number of benzene rings is 1. The van der Waals surface area contributed by atoms with Gasteiger partial charge in [-0.3, -0.25) is 4.79 Å². The molecular formula is C13H17FN2O. The second kappa shape index (κ2) is 4.45. The summed E-state index contributed by atoms with van der Waals surface area (Å²) in [7, 11) is 0. The van der Waals surface area contributed by atoms with Crippen molar-refractivity contribution < 1.29 is 9.18 Å². The predicted octanol–water partition coefficient (Wildman–Crippen LogP) is 1.60. The van der Waals surface area contributed by atoms with Gasteiger partial charge in [0.1, 0.15) is 5.82 Å². The molecule has 92 valence electrons. The first-order valence-corrected chi connectivity index (χ1v) is 5.80. The fourth-order valence-corrected chi connectivity index (χ4v) is 1.87. The van der Waals surface area contributed by atoms with Crippen molar-refractivity contribution in [3.8, 4) is 0 Å². The SMILES string of the molecule is Cc1cc(F)cc(C(=O)NCC2(CN)CC2)c1. The first-order valence-electron chi connectivity index (χ1n) is 5.80. The summed E-state index contributed by atoms with van der Waals surface area (Å²) in [6.45, 7) is 2.94. The lowest BCUT2D eigenvalue weighted by atomic mass is 10.1. The van der Waals surface area contributed by atoms with E-state index in [4.69, 9.17) is 5.73 Å². The van der Waals surface area contributed by atoms with Gasteiger partial charge in [0.15, 0.2) is 0 Å². The van der Waals surface area contributed by atoms with E-state index < -0.39 is 0 Å². The average Bonchev–Trinajstić information content (AvgIpc) is 3.05. The molecule has 0 unspecified atom stereocenters. The van der Waals surface area contributed by atoms with Crippen LogP contribution in [0, 0.1) is 18.2 Å². The summed E-state index contributed by atoms with van der Waals surface area (Å²) in [6, 6.07) is 4.34. The second-order valence-corrected chi connectivity index (χ2v) is 4.90. The Morgan fingerprint density at radius 1 is 1.47 bits per heavy atom. The smallest absolute Gasteiger partial charge is 0.251 e. The van der Waals surface area contributed by atoms with Crippen LogP contribution < -0.4 is 11.1 Å². The molecule has 17 heavy (non-hydrogen) atoms. The van der Waals surface area contributed by atoms with Crippen LogP contribution in [0.2, 0.25) is 0 Å². The van der Waals surface area contributed by atoms with Gasteiger partial charge in [-0.1, -0.05) is 0 Å². The molecule has 1 aromatic rings. The molecule has 0 heterocycles. The molecule has 1 amide bonds. The lowest BCUT2D eigenvalue weighted by Crippen LogP contribution is -2.33. The van der Waals surface area contributed by atoms with Crippen molar-refractivity contribution in [2.75, 3.05) is 13.1 Å². The van der Waals surface area contributed by atoms with Crippen LogP contribution in [0.4, 0.5) is 4.39 Å². The van der Waals surface area contributed by atoms with E-state index in [9.17, 15) is 9.18 Å². The Hall–Kier alpha value is -1.42. The van der Waals surface area contributed by atoms with E-state index in [1.807, 2.05) is 0 Å². The maximum Gasteiger partial charge on any atom is 0.251 e. The Balaban J connectivity index is 1.99. The molecule has 1 aliphatic rings. The van der Waals surface area contributed by atoms with Crippen molar-refractivity contribution >= 4 is 5.91 Å². The molecule has 1 saturated carbocycles. The highest BCUT2D eigenvalue weighted by Crippen LogP contribution is 2.43. The maximum absolute atomic E-state index is 13.1. The van der Waals surface area contributed by atoms with Gasteiger partial charge in [-0.15, -0.1) is 0 Å². The lowest BCUT2D eigenvalue weighted by molar-refractivity contribution is 0.0945. The number of carbonyl (C=O) groups is 1. The van der Waals surface area contributed by atoms with Crippen LogP contribution in [0.25, 0.3) is 0 Å². The van der Waals surface area contributed by atoms with Gasteiger partial charge in [0.2, 0.25) is 0 Å². The summed E-state index contributed by atoms with van der Waals surface area (Å²) in [5.41, 5.74) is 6.84. The monoisotopic (exact) mass is 236 g/mol. The molecule has 3 N–H and O–H groups in total. The van der Waals surface area contributed by atoms with Gasteiger partial charge < -0.3 is 11.1 Å². The number of amides is 1. The first kappa shape index (κ1) is 12.0. The molecule has 0 aliphatic heterocycles. The standard InChI is InChI=1S/C13H17FN2O/c1-9-4-10(6-11(14)5-9)12(17)16-8-13(7-15)2-3-13/h4-6H,2-3,7-8,15H2,1H3,(H,16,17). The third kappa shape index (κ3) is 2.82. The fourth-order valence-electron chi connectivity index (χ4n) is 1.87. The largest absolute Gasteiger partial charge is 0.351 e. The van der Waals surface area contributed by atoms with Gasteiger partial charge in [0.05, 0.1) is 0 Å². The highest BCUT2D eigenvalue weighted by atomic mass is 19.1. The van der Waals surface area contributed by atoms with Gasteiger partial charge in [0, 0.05) is 17.5 Å². The molecule has 0 aromatic heterocycles.